The van der Waals surface area contributed by atoms with Gasteiger partial charge in [0.2, 0.25) is 5.91 Å². The van der Waals surface area contributed by atoms with E-state index in [1.807, 2.05) is 45.0 Å². The third kappa shape index (κ3) is 3.82. The van der Waals surface area contributed by atoms with Crippen molar-refractivity contribution in [2.24, 2.45) is 5.92 Å². The first-order valence-electron chi connectivity index (χ1n) is 8.37. The van der Waals surface area contributed by atoms with E-state index in [1.54, 1.807) is 23.1 Å². The number of hydrogen-bond acceptors (Lipinski definition) is 3. The highest BCUT2D eigenvalue weighted by Gasteiger charge is 2.26. The number of benzene rings is 2. The van der Waals surface area contributed by atoms with Crippen LogP contribution in [0.5, 0.6) is 5.75 Å². The minimum atomic E-state index is -0.113. The lowest BCUT2D eigenvalue weighted by Crippen LogP contribution is -2.38. The largest absolute Gasteiger partial charge is 0.482 e. The van der Waals surface area contributed by atoms with Crippen molar-refractivity contribution in [1.29, 1.82) is 0 Å². The Hall–Kier alpha value is -2.82. The summed E-state index contributed by atoms with van der Waals surface area (Å²) in [6.07, 6.45) is 0. The summed E-state index contributed by atoms with van der Waals surface area (Å²) in [6, 6.07) is 13.5. The maximum Gasteiger partial charge on any atom is 0.265 e. The summed E-state index contributed by atoms with van der Waals surface area (Å²) in [5, 5.41) is 2.87. The lowest BCUT2D eigenvalue weighted by atomic mass is 10.1. The van der Waals surface area contributed by atoms with Gasteiger partial charge in [-0.25, -0.2) is 0 Å². The Morgan fingerprint density at radius 1 is 1.20 bits per heavy atom. The van der Waals surface area contributed by atoms with Crippen LogP contribution < -0.4 is 15.0 Å². The van der Waals surface area contributed by atoms with Crippen LogP contribution in [0.25, 0.3) is 0 Å². The molecule has 2 amide bonds. The number of aryl methyl sites for hydroxylation is 1. The first-order valence-corrected chi connectivity index (χ1v) is 8.37. The summed E-state index contributed by atoms with van der Waals surface area (Å²) in [5.41, 5.74) is 3.56. The molecule has 2 aromatic carbocycles. The smallest absolute Gasteiger partial charge is 0.265 e. The third-order valence-electron chi connectivity index (χ3n) is 4.16. The van der Waals surface area contributed by atoms with Gasteiger partial charge in [-0.05, 0) is 30.7 Å². The summed E-state index contributed by atoms with van der Waals surface area (Å²) in [7, 11) is 0. The van der Waals surface area contributed by atoms with Crippen molar-refractivity contribution in [3.63, 3.8) is 0 Å². The van der Waals surface area contributed by atoms with E-state index in [0.717, 1.165) is 5.56 Å². The summed E-state index contributed by atoms with van der Waals surface area (Å²) < 4.78 is 5.53. The number of hydrogen-bond donors (Lipinski definition) is 1. The van der Waals surface area contributed by atoms with Gasteiger partial charge in [0.15, 0.2) is 6.61 Å². The van der Waals surface area contributed by atoms with E-state index >= 15 is 0 Å². The number of nitrogens with one attached hydrogen (secondary N) is 1. The standard InChI is InChI=1S/C20H22N2O3/c1-13(2)20(24)21-16-8-9-18-17(10-16)22(19(23)12-25-18)11-15-6-4-14(3)5-7-15/h4-10,13H,11-12H2,1-3H3,(H,21,24). The third-order valence-corrected chi connectivity index (χ3v) is 4.16. The number of fused-ring (bicyclic) bond motifs is 1. The van der Waals surface area contributed by atoms with Crippen molar-refractivity contribution in [3.8, 4) is 5.75 Å². The Kier molecular flexibility index (Phi) is 4.74. The van der Waals surface area contributed by atoms with E-state index in [1.165, 1.54) is 5.56 Å². The van der Waals surface area contributed by atoms with Crippen molar-refractivity contribution in [3.05, 3.63) is 53.6 Å². The predicted molar refractivity (Wildman–Crippen MR) is 97.8 cm³/mol. The van der Waals surface area contributed by atoms with E-state index < -0.39 is 0 Å². The number of anilines is 2. The van der Waals surface area contributed by atoms with Crippen LogP contribution in [0.4, 0.5) is 11.4 Å². The van der Waals surface area contributed by atoms with Crippen LogP contribution in [0.3, 0.4) is 0 Å². The number of carbonyl (C=O) groups is 2. The average molecular weight is 338 g/mol. The summed E-state index contributed by atoms with van der Waals surface area (Å²) in [4.78, 5) is 26.0. The molecule has 0 atom stereocenters. The zero-order chi connectivity index (χ0) is 18.0. The number of carbonyl (C=O) groups excluding carboxylic acids is 2. The summed E-state index contributed by atoms with van der Waals surface area (Å²) in [6.45, 7) is 6.20. The number of ether oxygens (including phenoxy) is 1. The number of nitrogens with zero attached hydrogens (tertiary/aromatic N) is 1. The molecule has 0 aromatic heterocycles. The average Bonchev–Trinajstić information content (AvgIpc) is 2.59. The summed E-state index contributed by atoms with van der Waals surface area (Å²) in [5.74, 6) is 0.375. The maximum absolute atomic E-state index is 12.4. The Bertz CT molecular complexity index is 797. The van der Waals surface area contributed by atoms with Crippen molar-refractivity contribution in [1.82, 2.24) is 0 Å². The van der Waals surface area contributed by atoms with Crippen molar-refractivity contribution < 1.29 is 14.3 Å². The van der Waals surface area contributed by atoms with Gasteiger partial charge >= 0.3 is 0 Å². The monoisotopic (exact) mass is 338 g/mol. The molecule has 25 heavy (non-hydrogen) atoms. The minimum absolute atomic E-state index is 0.0244. The van der Waals surface area contributed by atoms with Crippen molar-refractivity contribution in [2.45, 2.75) is 27.3 Å². The molecule has 2 aromatic rings. The Labute approximate surface area is 147 Å². The molecule has 1 heterocycles. The Morgan fingerprint density at radius 2 is 1.92 bits per heavy atom. The van der Waals surface area contributed by atoms with Gasteiger partial charge in [-0.1, -0.05) is 43.7 Å². The number of amides is 2. The van der Waals surface area contributed by atoms with Gasteiger partial charge in [-0.15, -0.1) is 0 Å². The molecule has 0 bridgehead atoms. The molecule has 1 N–H and O–H groups in total. The summed E-state index contributed by atoms with van der Waals surface area (Å²) >= 11 is 0. The van der Waals surface area contributed by atoms with Gasteiger partial charge in [0.1, 0.15) is 5.75 Å². The fourth-order valence-corrected chi connectivity index (χ4v) is 2.62. The van der Waals surface area contributed by atoms with Crippen LogP contribution in [0.15, 0.2) is 42.5 Å². The molecule has 5 nitrogen and oxygen atoms in total. The molecule has 0 aliphatic carbocycles. The Balaban J connectivity index is 1.89. The Morgan fingerprint density at radius 3 is 2.60 bits per heavy atom. The van der Waals surface area contributed by atoms with Crippen LogP contribution in [0.2, 0.25) is 0 Å². The first kappa shape index (κ1) is 17.0. The molecule has 0 unspecified atom stereocenters. The lowest BCUT2D eigenvalue weighted by Gasteiger charge is -2.30. The molecule has 1 aliphatic heterocycles. The fourth-order valence-electron chi connectivity index (χ4n) is 2.62. The molecule has 3 rings (SSSR count). The van der Waals surface area contributed by atoms with Crippen LogP contribution >= 0.6 is 0 Å². The van der Waals surface area contributed by atoms with E-state index in [9.17, 15) is 9.59 Å². The molecule has 1 aliphatic rings. The first-order chi connectivity index (χ1) is 11.9. The van der Waals surface area contributed by atoms with Gasteiger partial charge in [0.05, 0.1) is 12.2 Å². The van der Waals surface area contributed by atoms with E-state index in [2.05, 4.69) is 5.32 Å². The predicted octanol–water partition coefficient (Wildman–Crippen LogP) is 3.52. The zero-order valence-electron chi connectivity index (χ0n) is 14.7. The van der Waals surface area contributed by atoms with Gasteiger partial charge < -0.3 is 15.0 Å². The van der Waals surface area contributed by atoms with Crippen molar-refractivity contribution in [2.75, 3.05) is 16.8 Å². The molecular formula is C20H22N2O3. The van der Waals surface area contributed by atoms with Gasteiger partial charge in [-0.2, -0.15) is 0 Å². The molecular weight excluding hydrogens is 316 g/mol. The minimum Gasteiger partial charge on any atom is -0.482 e. The molecule has 0 saturated carbocycles. The van der Waals surface area contributed by atoms with Crippen LogP contribution in [-0.2, 0) is 16.1 Å². The quantitative estimate of drug-likeness (QED) is 0.928. The zero-order valence-corrected chi connectivity index (χ0v) is 14.7. The highest BCUT2D eigenvalue weighted by atomic mass is 16.5. The van der Waals surface area contributed by atoms with E-state index in [0.29, 0.717) is 23.7 Å². The van der Waals surface area contributed by atoms with Crippen LogP contribution in [0, 0.1) is 12.8 Å². The molecule has 5 heteroatoms. The molecule has 0 fully saturated rings. The van der Waals surface area contributed by atoms with Crippen LogP contribution in [0.1, 0.15) is 25.0 Å². The fraction of sp³-hybridized carbons (Fsp3) is 0.300. The topological polar surface area (TPSA) is 58.6 Å². The van der Waals surface area contributed by atoms with Crippen molar-refractivity contribution >= 4 is 23.2 Å². The van der Waals surface area contributed by atoms with Crippen LogP contribution in [-0.4, -0.2) is 18.4 Å². The molecule has 0 spiro atoms. The maximum atomic E-state index is 12.4. The normalized spacial score (nSPS) is 13.4. The second-order valence-electron chi connectivity index (χ2n) is 6.58. The molecule has 130 valence electrons. The molecule has 0 radical (unpaired) electrons. The van der Waals surface area contributed by atoms with Gasteiger partial charge in [0, 0.05) is 11.6 Å². The second kappa shape index (κ2) is 6.97. The highest BCUT2D eigenvalue weighted by molar-refractivity contribution is 5.99. The lowest BCUT2D eigenvalue weighted by molar-refractivity contribution is -0.121. The van der Waals surface area contributed by atoms with Gasteiger partial charge in [-0.3, -0.25) is 9.59 Å². The van der Waals surface area contributed by atoms with E-state index in [4.69, 9.17) is 4.74 Å². The highest BCUT2D eigenvalue weighted by Crippen LogP contribution is 2.35. The SMILES string of the molecule is Cc1ccc(CN2C(=O)COc3ccc(NC(=O)C(C)C)cc32)cc1. The number of rotatable bonds is 4. The van der Waals surface area contributed by atoms with E-state index in [-0.39, 0.29) is 24.3 Å². The van der Waals surface area contributed by atoms with Gasteiger partial charge in [0.25, 0.3) is 5.91 Å². The second-order valence-corrected chi connectivity index (χ2v) is 6.58. The molecule has 0 saturated heterocycles.